The number of rotatable bonds is 4. The normalized spacial score (nSPS) is 13.5. The Labute approximate surface area is 126 Å². The standard InChI is InChI=1S/C19H21NO/c1-13(2)11-14(21)12-17-15-7-3-5-9-18(15)20-19-10-6-4-8-16(17)19/h3-10,13,17,20H,11-12H2,1-2H3. The van der Waals surface area contributed by atoms with Gasteiger partial charge in [0, 0.05) is 30.1 Å². The lowest BCUT2D eigenvalue weighted by Gasteiger charge is -2.29. The van der Waals surface area contributed by atoms with Crippen molar-refractivity contribution in [2.24, 2.45) is 5.92 Å². The zero-order valence-electron chi connectivity index (χ0n) is 12.6. The summed E-state index contributed by atoms with van der Waals surface area (Å²) in [6.07, 6.45) is 1.25. The minimum absolute atomic E-state index is 0.171. The maximum absolute atomic E-state index is 12.3. The Bertz CT molecular complexity index is 615. The molecular weight excluding hydrogens is 258 g/mol. The molecule has 108 valence electrons. The van der Waals surface area contributed by atoms with Crippen molar-refractivity contribution in [2.45, 2.75) is 32.6 Å². The first kappa shape index (κ1) is 13.9. The predicted molar refractivity (Wildman–Crippen MR) is 87.1 cm³/mol. The van der Waals surface area contributed by atoms with Gasteiger partial charge < -0.3 is 5.32 Å². The molecule has 0 atom stereocenters. The Morgan fingerprint density at radius 1 is 1.00 bits per heavy atom. The molecule has 0 unspecified atom stereocenters. The van der Waals surface area contributed by atoms with Gasteiger partial charge in [-0.3, -0.25) is 4.79 Å². The SMILES string of the molecule is CC(C)CC(=O)CC1c2ccccc2Nc2ccccc21. The fraction of sp³-hybridized carbons (Fsp3) is 0.316. The monoisotopic (exact) mass is 279 g/mol. The van der Waals surface area contributed by atoms with E-state index in [4.69, 9.17) is 0 Å². The molecule has 0 amide bonds. The highest BCUT2D eigenvalue weighted by atomic mass is 16.1. The fourth-order valence-corrected chi connectivity index (χ4v) is 3.13. The van der Waals surface area contributed by atoms with Crippen LogP contribution < -0.4 is 5.32 Å². The van der Waals surface area contributed by atoms with Crippen LogP contribution in [0.15, 0.2) is 48.5 Å². The van der Waals surface area contributed by atoms with E-state index in [-0.39, 0.29) is 5.92 Å². The number of carbonyl (C=O) groups is 1. The first-order chi connectivity index (χ1) is 10.1. The molecule has 21 heavy (non-hydrogen) atoms. The number of hydrogen-bond donors (Lipinski definition) is 1. The van der Waals surface area contributed by atoms with E-state index in [1.54, 1.807) is 0 Å². The van der Waals surface area contributed by atoms with Crippen LogP contribution >= 0.6 is 0 Å². The quantitative estimate of drug-likeness (QED) is 0.864. The summed E-state index contributed by atoms with van der Waals surface area (Å²) >= 11 is 0. The molecular formula is C19H21NO. The number of benzene rings is 2. The zero-order valence-corrected chi connectivity index (χ0v) is 12.6. The first-order valence-electron chi connectivity index (χ1n) is 7.61. The highest BCUT2D eigenvalue weighted by Gasteiger charge is 2.26. The van der Waals surface area contributed by atoms with Crippen LogP contribution in [0.3, 0.4) is 0 Å². The third kappa shape index (κ3) is 2.85. The van der Waals surface area contributed by atoms with Crippen LogP contribution in [-0.4, -0.2) is 5.78 Å². The lowest BCUT2D eigenvalue weighted by atomic mass is 9.82. The number of anilines is 2. The number of carbonyl (C=O) groups excluding carboxylic acids is 1. The molecule has 0 saturated carbocycles. The summed E-state index contributed by atoms with van der Waals surface area (Å²) in [5.74, 6) is 0.941. The second kappa shape index (κ2) is 5.72. The summed E-state index contributed by atoms with van der Waals surface area (Å²) in [6.45, 7) is 4.20. The summed E-state index contributed by atoms with van der Waals surface area (Å²) in [6, 6.07) is 16.6. The molecule has 0 saturated heterocycles. The molecule has 1 N–H and O–H groups in total. The number of nitrogens with one attached hydrogen (secondary N) is 1. The van der Waals surface area contributed by atoms with Gasteiger partial charge in [-0.25, -0.2) is 0 Å². The van der Waals surface area contributed by atoms with E-state index in [1.807, 2.05) is 24.3 Å². The number of fused-ring (bicyclic) bond motifs is 2. The molecule has 2 nitrogen and oxygen atoms in total. The Morgan fingerprint density at radius 3 is 2.05 bits per heavy atom. The minimum Gasteiger partial charge on any atom is -0.355 e. The molecule has 0 bridgehead atoms. The smallest absolute Gasteiger partial charge is 0.134 e. The van der Waals surface area contributed by atoms with Gasteiger partial charge in [-0.1, -0.05) is 50.2 Å². The van der Waals surface area contributed by atoms with Crippen LogP contribution in [0, 0.1) is 5.92 Å². The average molecular weight is 279 g/mol. The molecule has 2 aromatic carbocycles. The zero-order chi connectivity index (χ0) is 14.8. The largest absolute Gasteiger partial charge is 0.355 e. The Balaban J connectivity index is 1.97. The van der Waals surface area contributed by atoms with E-state index in [9.17, 15) is 4.79 Å². The van der Waals surface area contributed by atoms with Crippen molar-refractivity contribution >= 4 is 17.2 Å². The van der Waals surface area contributed by atoms with Crippen molar-refractivity contribution in [2.75, 3.05) is 5.32 Å². The number of Topliss-reactive ketones (excluding diaryl/α,β-unsaturated/α-hetero) is 1. The first-order valence-corrected chi connectivity index (χ1v) is 7.61. The van der Waals surface area contributed by atoms with Crippen LogP contribution in [-0.2, 0) is 4.79 Å². The molecule has 0 spiro atoms. The van der Waals surface area contributed by atoms with Crippen LogP contribution in [0.2, 0.25) is 0 Å². The fourth-order valence-electron chi connectivity index (χ4n) is 3.13. The van der Waals surface area contributed by atoms with Crippen LogP contribution in [0.1, 0.15) is 43.7 Å². The summed E-state index contributed by atoms with van der Waals surface area (Å²) in [5.41, 5.74) is 4.71. The van der Waals surface area contributed by atoms with Crippen LogP contribution in [0.25, 0.3) is 0 Å². The van der Waals surface area contributed by atoms with Crippen molar-refractivity contribution in [3.63, 3.8) is 0 Å². The van der Waals surface area contributed by atoms with Gasteiger partial charge in [0.05, 0.1) is 0 Å². The van der Waals surface area contributed by atoms with Crippen LogP contribution in [0.4, 0.5) is 11.4 Å². The third-order valence-corrected chi connectivity index (χ3v) is 4.01. The summed E-state index contributed by atoms with van der Waals surface area (Å²) in [4.78, 5) is 12.3. The molecule has 0 fully saturated rings. The number of hydrogen-bond acceptors (Lipinski definition) is 2. The molecule has 3 rings (SSSR count). The van der Waals surface area contributed by atoms with Gasteiger partial charge >= 0.3 is 0 Å². The lowest BCUT2D eigenvalue weighted by molar-refractivity contribution is -0.119. The minimum atomic E-state index is 0.171. The van der Waals surface area contributed by atoms with Gasteiger partial charge in [0.1, 0.15) is 5.78 Å². The van der Waals surface area contributed by atoms with E-state index >= 15 is 0 Å². The van der Waals surface area contributed by atoms with Gasteiger partial charge in [-0.05, 0) is 29.2 Å². The van der Waals surface area contributed by atoms with E-state index < -0.39 is 0 Å². The summed E-state index contributed by atoms with van der Waals surface area (Å²) in [5, 5.41) is 3.47. The van der Waals surface area contributed by atoms with Crippen molar-refractivity contribution in [3.8, 4) is 0 Å². The number of ketones is 1. The average Bonchev–Trinajstić information content (AvgIpc) is 2.46. The highest BCUT2D eigenvalue weighted by molar-refractivity contribution is 5.83. The molecule has 2 aromatic rings. The Morgan fingerprint density at radius 2 is 1.52 bits per heavy atom. The summed E-state index contributed by atoms with van der Waals surface area (Å²) < 4.78 is 0. The Hall–Kier alpha value is -2.09. The molecule has 1 heterocycles. The highest BCUT2D eigenvalue weighted by Crippen LogP contribution is 2.42. The maximum atomic E-state index is 12.3. The van der Waals surface area contributed by atoms with Crippen molar-refractivity contribution in [1.82, 2.24) is 0 Å². The van der Waals surface area contributed by atoms with Gasteiger partial charge in [-0.2, -0.15) is 0 Å². The Kier molecular flexibility index (Phi) is 3.78. The lowest BCUT2D eigenvalue weighted by Crippen LogP contribution is -2.16. The van der Waals surface area contributed by atoms with Gasteiger partial charge in [-0.15, -0.1) is 0 Å². The summed E-state index contributed by atoms with van der Waals surface area (Å²) in [7, 11) is 0. The van der Waals surface area contributed by atoms with Gasteiger partial charge in [0.15, 0.2) is 0 Å². The molecule has 0 aromatic heterocycles. The van der Waals surface area contributed by atoms with E-state index in [2.05, 4.69) is 43.4 Å². The van der Waals surface area contributed by atoms with Crippen LogP contribution in [0.5, 0.6) is 0 Å². The van der Waals surface area contributed by atoms with E-state index in [1.165, 1.54) is 11.1 Å². The van der Waals surface area contributed by atoms with Crippen molar-refractivity contribution in [1.29, 1.82) is 0 Å². The second-order valence-corrected chi connectivity index (χ2v) is 6.19. The topological polar surface area (TPSA) is 29.1 Å². The van der Waals surface area contributed by atoms with Crippen molar-refractivity contribution in [3.05, 3.63) is 59.7 Å². The maximum Gasteiger partial charge on any atom is 0.134 e. The molecule has 0 radical (unpaired) electrons. The molecule has 2 heteroatoms. The van der Waals surface area contributed by atoms with Gasteiger partial charge in [0.2, 0.25) is 0 Å². The van der Waals surface area contributed by atoms with Gasteiger partial charge in [0.25, 0.3) is 0 Å². The second-order valence-electron chi connectivity index (χ2n) is 6.19. The number of para-hydroxylation sites is 2. The van der Waals surface area contributed by atoms with E-state index in [0.29, 0.717) is 24.5 Å². The predicted octanol–water partition coefficient (Wildman–Crippen LogP) is 4.88. The van der Waals surface area contributed by atoms with Crippen molar-refractivity contribution < 1.29 is 4.79 Å². The molecule has 1 aliphatic heterocycles. The third-order valence-electron chi connectivity index (χ3n) is 4.01. The van der Waals surface area contributed by atoms with E-state index in [0.717, 1.165) is 11.4 Å². The molecule has 1 aliphatic rings. The molecule has 0 aliphatic carbocycles.